The molecule has 0 amide bonds. The Balaban J connectivity index is 3.13. The number of H-pyrrole nitrogens is 1. The van der Waals surface area contributed by atoms with E-state index in [9.17, 15) is 18.0 Å². The van der Waals surface area contributed by atoms with Crippen LogP contribution in [0.4, 0.5) is 0 Å². The van der Waals surface area contributed by atoms with Crippen LogP contribution in [0.3, 0.4) is 0 Å². The molecule has 0 aromatic carbocycles. The quantitative estimate of drug-likeness (QED) is 0.718. The lowest BCUT2D eigenvalue weighted by Crippen LogP contribution is -2.37. The van der Waals surface area contributed by atoms with Gasteiger partial charge in [-0.15, -0.1) is 0 Å². The highest BCUT2D eigenvalue weighted by molar-refractivity contribution is 7.88. The highest BCUT2D eigenvalue weighted by Crippen LogP contribution is 1.95. The molecule has 0 aliphatic heterocycles. The van der Waals surface area contributed by atoms with Crippen molar-refractivity contribution in [2.45, 2.75) is 13.6 Å². The first kappa shape index (κ1) is 12.7. The molecule has 0 saturated heterocycles. The van der Waals surface area contributed by atoms with Crippen LogP contribution in [0.2, 0.25) is 0 Å². The molecule has 1 heterocycles. The van der Waals surface area contributed by atoms with Crippen LogP contribution in [0.1, 0.15) is 5.56 Å². The Morgan fingerprint density at radius 3 is 2.50 bits per heavy atom. The Kier molecular flexibility index (Phi) is 3.34. The van der Waals surface area contributed by atoms with Gasteiger partial charge >= 0.3 is 5.69 Å². The third-order valence-corrected chi connectivity index (χ3v) is 3.35. The van der Waals surface area contributed by atoms with Crippen molar-refractivity contribution in [3.63, 3.8) is 0 Å². The monoisotopic (exact) mass is 247 g/mol. The topological polar surface area (TPSA) is 92.2 Å². The Labute approximate surface area is 92.4 Å². The zero-order valence-corrected chi connectivity index (χ0v) is 10.0. The van der Waals surface area contributed by atoms with Gasteiger partial charge in [0.2, 0.25) is 10.0 Å². The van der Waals surface area contributed by atoms with Crippen LogP contribution in [0.15, 0.2) is 15.8 Å². The van der Waals surface area contributed by atoms with E-state index in [1.165, 1.54) is 20.2 Å². The Morgan fingerprint density at radius 1 is 1.44 bits per heavy atom. The highest BCUT2D eigenvalue weighted by atomic mass is 32.2. The molecule has 0 aliphatic rings. The van der Waals surface area contributed by atoms with E-state index in [0.29, 0.717) is 5.56 Å². The fourth-order valence-corrected chi connectivity index (χ4v) is 1.38. The molecule has 1 N–H and O–H groups in total. The van der Waals surface area contributed by atoms with E-state index < -0.39 is 21.3 Å². The highest BCUT2D eigenvalue weighted by Gasteiger charge is 2.12. The predicted octanol–water partition coefficient (Wildman–Crippen LogP) is -1.31. The third kappa shape index (κ3) is 2.80. The number of nitrogens with zero attached hydrogens (tertiary/aromatic N) is 2. The van der Waals surface area contributed by atoms with Crippen molar-refractivity contribution in [2.75, 3.05) is 13.3 Å². The minimum atomic E-state index is -3.36. The number of hydrogen-bond donors (Lipinski definition) is 1. The van der Waals surface area contributed by atoms with Crippen LogP contribution in [-0.4, -0.2) is 35.6 Å². The summed E-state index contributed by atoms with van der Waals surface area (Å²) in [5.41, 5.74) is -0.754. The summed E-state index contributed by atoms with van der Waals surface area (Å²) in [5.74, 6) is 0. The van der Waals surface area contributed by atoms with E-state index in [-0.39, 0.29) is 6.67 Å². The van der Waals surface area contributed by atoms with Gasteiger partial charge in [-0.3, -0.25) is 14.3 Å². The summed E-state index contributed by atoms with van der Waals surface area (Å²) in [6.07, 6.45) is 2.36. The molecule has 90 valence electrons. The van der Waals surface area contributed by atoms with E-state index >= 15 is 0 Å². The van der Waals surface area contributed by atoms with E-state index in [1.54, 1.807) is 0 Å². The molecule has 0 atom stereocenters. The van der Waals surface area contributed by atoms with Crippen LogP contribution in [0.5, 0.6) is 0 Å². The number of aromatic nitrogens is 2. The van der Waals surface area contributed by atoms with Gasteiger partial charge in [-0.2, -0.15) is 4.31 Å². The summed E-state index contributed by atoms with van der Waals surface area (Å²) in [7, 11) is -2.01. The first-order valence-corrected chi connectivity index (χ1v) is 6.28. The van der Waals surface area contributed by atoms with Crippen LogP contribution in [-0.2, 0) is 16.7 Å². The summed E-state index contributed by atoms with van der Waals surface area (Å²) in [6, 6.07) is 0. The van der Waals surface area contributed by atoms with Gasteiger partial charge in [0.15, 0.2) is 0 Å². The average molecular weight is 247 g/mol. The second-order valence-electron chi connectivity index (χ2n) is 3.54. The smallest absolute Gasteiger partial charge is 0.286 e. The van der Waals surface area contributed by atoms with Crippen molar-refractivity contribution in [2.24, 2.45) is 0 Å². The molecule has 0 bridgehead atoms. The van der Waals surface area contributed by atoms with Gasteiger partial charge in [0.05, 0.1) is 12.9 Å². The molecule has 0 saturated carbocycles. The van der Waals surface area contributed by atoms with Crippen molar-refractivity contribution < 1.29 is 8.42 Å². The first-order chi connectivity index (χ1) is 7.21. The molecule has 1 aromatic rings. The normalized spacial score (nSPS) is 12.0. The maximum atomic E-state index is 11.3. The molecule has 0 radical (unpaired) electrons. The average Bonchev–Trinajstić information content (AvgIpc) is 2.12. The molecule has 16 heavy (non-hydrogen) atoms. The molecular weight excluding hydrogens is 234 g/mol. The second-order valence-corrected chi connectivity index (χ2v) is 5.63. The lowest BCUT2D eigenvalue weighted by molar-refractivity contribution is 0.391. The first-order valence-electron chi connectivity index (χ1n) is 4.43. The van der Waals surface area contributed by atoms with Crippen molar-refractivity contribution in [3.05, 3.63) is 32.6 Å². The maximum Gasteiger partial charge on any atom is 0.329 e. The van der Waals surface area contributed by atoms with Crippen molar-refractivity contribution in [1.82, 2.24) is 13.9 Å². The third-order valence-electron chi connectivity index (χ3n) is 2.11. The molecular formula is C8H13N3O4S. The van der Waals surface area contributed by atoms with Crippen LogP contribution in [0.25, 0.3) is 0 Å². The Morgan fingerprint density at radius 2 is 2.00 bits per heavy atom. The zero-order valence-electron chi connectivity index (χ0n) is 9.22. The molecule has 7 nitrogen and oxygen atoms in total. The van der Waals surface area contributed by atoms with Crippen molar-refractivity contribution in [1.29, 1.82) is 0 Å². The van der Waals surface area contributed by atoms with Gasteiger partial charge in [-0.05, 0) is 6.92 Å². The minimum Gasteiger partial charge on any atom is -0.286 e. The standard InChI is InChI=1S/C8H13N3O4S/c1-6-4-11(8(13)9-7(6)12)5-10(2)16(3,14)15/h4H,5H2,1-3H3,(H,9,12,13). The summed E-state index contributed by atoms with van der Waals surface area (Å²) in [5, 5.41) is 0. The van der Waals surface area contributed by atoms with Gasteiger partial charge < -0.3 is 0 Å². The van der Waals surface area contributed by atoms with Gasteiger partial charge in [-0.25, -0.2) is 13.2 Å². The van der Waals surface area contributed by atoms with Gasteiger partial charge in [-0.1, -0.05) is 0 Å². The fraction of sp³-hybridized carbons (Fsp3) is 0.500. The Bertz CT molecular complexity index is 598. The van der Waals surface area contributed by atoms with E-state index in [2.05, 4.69) is 4.98 Å². The largest absolute Gasteiger partial charge is 0.329 e. The minimum absolute atomic E-state index is 0.130. The summed E-state index contributed by atoms with van der Waals surface area (Å²) in [6.45, 7) is 1.41. The molecule has 0 spiro atoms. The fourth-order valence-electron chi connectivity index (χ4n) is 1.04. The number of hydrogen-bond acceptors (Lipinski definition) is 4. The van der Waals surface area contributed by atoms with Crippen LogP contribution >= 0.6 is 0 Å². The predicted molar refractivity (Wildman–Crippen MR) is 58.7 cm³/mol. The molecule has 8 heteroatoms. The van der Waals surface area contributed by atoms with Crippen LogP contribution in [0, 0.1) is 6.92 Å². The lowest BCUT2D eigenvalue weighted by Gasteiger charge is -2.15. The maximum absolute atomic E-state index is 11.3. The second kappa shape index (κ2) is 4.22. The summed E-state index contributed by atoms with van der Waals surface area (Å²) >= 11 is 0. The van der Waals surface area contributed by atoms with Gasteiger partial charge in [0.1, 0.15) is 0 Å². The molecule has 1 rings (SSSR count). The SMILES string of the molecule is Cc1cn(CN(C)S(C)(=O)=O)c(=O)[nH]c1=O. The van der Waals surface area contributed by atoms with E-state index in [1.807, 2.05) is 0 Å². The molecule has 0 fully saturated rings. The van der Waals surface area contributed by atoms with Crippen LogP contribution < -0.4 is 11.2 Å². The van der Waals surface area contributed by atoms with E-state index in [4.69, 9.17) is 0 Å². The molecule has 0 unspecified atom stereocenters. The van der Waals surface area contributed by atoms with E-state index in [0.717, 1.165) is 15.1 Å². The Hall–Kier alpha value is -1.41. The lowest BCUT2D eigenvalue weighted by atomic mass is 10.4. The number of aryl methyl sites for hydroxylation is 1. The number of rotatable bonds is 3. The number of aromatic amines is 1. The molecule has 1 aromatic heterocycles. The summed E-state index contributed by atoms with van der Waals surface area (Å²) in [4.78, 5) is 24.5. The molecule has 0 aliphatic carbocycles. The van der Waals surface area contributed by atoms with Gasteiger partial charge in [0, 0.05) is 18.8 Å². The summed E-state index contributed by atoms with van der Waals surface area (Å²) < 4.78 is 24.4. The van der Waals surface area contributed by atoms with Crippen molar-refractivity contribution >= 4 is 10.0 Å². The zero-order chi connectivity index (χ0) is 12.5. The number of nitrogens with one attached hydrogen (secondary N) is 1. The van der Waals surface area contributed by atoms with Gasteiger partial charge in [0.25, 0.3) is 5.56 Å². The van der Waals surface area contributed by atoms with Crippen molar-refractivity contribution in [3.8, 4) is 0 Å². The number of sulfonamides is 1.